The number of benzene rings is 2. The molecule has 33 heavy (non-hydrogen) atoms. The summed E-state index contributed by atoms with van der Waals surface area (Å²) >= 11 is 1.66. The minimum atomic E-state index is -0.0713. The molecule has 7 heteroatoms. The number of oxazole rings is 1. The Morgan fingerprint density at radius 2 is 1.76 bits per heavy atom. The highest BCUT2D eigenvalue weighted by atomic mass is 32.1. The van der Waals surface area contributed by atoms with Gasteiger partial charge in [0.25, 0.3) is 0 Å². The maximum absolute atomic E-state index is 12.2. The summed E-state index contributed by atoms with van der Waals surface area (Å²) in [6, 6.07) is 21.0. The summed E-state index contributed by atoms with van der Waals surface area (Å²) in [5, 5.41) is 7.83. The topological polar surface area (TPSA) is 84.2 Å². The number of aryl methyl sites for hydroxylation is 2. The van der Waals surface area contributed by atoms with E-state index in [0.29, 0.717) is 42.4 Å². The largest absolute Gasteiger partial charge is 0.441 e. The molecule has 2 heterocycles. The first-order valence-corrected chi connectivity index (χ1v) is 11.6. The maximum Gasteiger partial charge on any atom is 0.228 e. The van der Waals surface area contributed by atoms with Crippen LogP contribution in [0.1, 0.15) is 28.3 Å². The van der Waals surface area contributed by atoms with E-state index in [9.17, 15) is 9.59 Å². The highest BCUT2D eigenvalue weighted by Crippen LogP contribution is 2.23. The number of aromatic nitrogens is 1. The first kappa shape index (κ1) is 22.5. The minimum absolute atomic E-state index is 0.0112. The molecule has 0 atom stereocenters. The lowest BCUT2D eigenvalue weighted by molar-refractivity contribution is -0.121. The van der Waals surface area contributed by atoms with E-state index < -0.39 is 0 Å². The number of nitrogens with zero attached hydrogens (tertiary/aromatic N) is 1. The summed E-state index contributed by atoms with van der Waals surface area (Å²) in [5.41, 5.74) is 3.18. The second-order valence-electron chi connectivity index (χ2n) is 7.67. The number of hydrogen-bond donors (Lipinski definition) is 2. The van der Waals surface area contributed by atoms with Crippen molar-refractivity contribution in [3.8, 4) is 11.5 Å². The Labute approximate surface area is 196 Å². The molecule has 0 bridgehead atoms. The van der Waals surface area contributed by atoms with E-state index in [1.165, 1.54) is 4.88 Å². The molecule has 2 aromatic carbocycles. The highest BCUT2D eigenvalue weighted by molar-refractivity contribution is 7.09. The van der Waals surface area contributed by atoms with Crippen LogP contribution in [0.4, 0.5) is 5.69 Å². The summed E-state index contributed by atoms with van der Waals surface area (Å²) in [6.45, 7) is 2.16. The van der Waals surface area contributed by atoms with Crippen LogP contribution in [0.2, 0.25) is 0 Å². The van der Waals surface area contributed by atoms with Gasteiger partial charge in [0.2, 0.25) is 17.7 Å². The number of rotatable bonds is 9. The summed E-state index contributed by atoms with van der Waals surface area (Å²) in [5.74, 6) is 1.07. The monoisotopic (exact) mass is 459 g/mol. The van der Waals surface area contributed by atoms with Crippen molar-refractivity contribution in [1.82, 2.24) is 10.3 Å². The van der Waals surface area contributed by atoms with Crippen LogP contribution < -0.4 is 10.6 Å². The molecule has 0 unspecified atom stereocenters. The van der Waals surface area contributed by atoms with Gasteiger partial charge in [-0.2, -0.15) is 0 Å². The van der Waals surface area contributed by atoms with Crippen LogP contribution in [-0.4, -0.2) is 16.8 Å². The van der Waals surface area contributed by atoms with Crippen molar-refractivity contribution in [2.75, 3.05) is 5.32 Å². The van der Waals surface area contributed by atoms with Gasteiger partial charge in [0.05, 0.1) is 13.0 Å². The SMILES string of the molecule is Cc1oc(-c2ccc(NC(=O)Cc3ccccc3)cc2)nc1CNC(=O)CCc1cccs1. The lowest BCUT2D eigenvalue weighted by Gasteiger charge is -2.06. The molecule has 168 valence electrons. The third kappa shape index (κ3) is 6.40. The molecule has 0 aliphatic heterocycles. The predicted octanol–water partition coefficient (Wildman–Crippen LogP) is 5.14. The quantitative estimate of drug-likeness (QED) is 0.363. The second kappa shape index (κ2) is 10.7. The van der Waals surface area contributed by atoms with Crippen LogP contribution in [0.5, 0.6) is 0 Å². The van der Waals surface area contributed by atoms with E-state index in [-0.39, 0.29) is 11.8 Å². The van der Waals surface area contributed by atoms with Crippen LogP contribution in [-0.2, 0) is 29.0 Å². The third-order valence-corrected chi connectivity index (χ3v) is 6.08. The zero-order valence-corrected chi connectivity index (χ0v) is 19.2. The first-order chi connectivity index (χ1) is 16.1. The Kier molecular flexibility index (Phi) is 7.32. The molecule has 0 aliphatic carbocycles. The van der Waals surface area contributed by atoms with E-state index >= 15 is 0 Å². The Morgan fingerprint density at radius 3 is 2.48 bits per heavy atom. The van der Waals surface area contributed by atoms with Gasteiger partial charge in [-0.1, -0.05) is 36.4 Å². The molecule has 2 aromatic heterocycles. The fraction of sp³-hybridized carbons (Fsp3) is 0.192. The Balaban J connectivity index is 1.30. The molecule has 0 spiro atoms. The van der Waals surface area contributed by atoms with Gasteiger partial charge < -0.3 is 15.1 Å². The molecular formula is C26H25N3O3S. The van der Waals surface area contributed by atoms with Crippen LogP contribution >= 0.6 is 11.3 Å². The number of amides is 2. The summed E-state index contributed by atoms with van der Waals surface area (Å²) in [6.07, 6.45) is 1.51. The molecule has 0 aliphatic rings. The second-order valence-corrected chi connectivity index (χ2v) is 8.70. The predicted molar refractivity (Wildman–Crippen MR) is 130 cm³/mol. The standard InChI is InChI=1S/C26H25N3O3S/c1-18-23(17-27-24(30)14-13-22-8-5-15-33-22)29-26(32-18)20-9-11-21(12-10-20)28-25(31)16-19-6-3-2-4-7-19/h2-12,15H,13-14,16-17H2,1H3,(H,27,30)(H,28,31). The molecule has 0 fully saturated rings. The van der Waals surface area contributed by atoms with Gasteiger partial charge in [-0.3, -0.25) is 9.59 Å². The molecule has 0 radical (unpaired) electrons. The summed E-state index contributed by atoms with van der Waals surface area (Å²) in [4.78, 5) is 30.1. The fourth-order valence-electron chi connectivity index (χ4n) is 3.36. The van der Waals surface area contributed by atoms with E-state index in [1.54, 1.807) is 11.3 Å². The van der Waals surface area contributed by atoms with Crippen LogP contribution in [0, 0.1) is 6.92 Å². The average molecular weight is 460 g/mol. The lowest BCUT2D eigenvalue weighted by atomic mass is 10.1. The number of nitrogens with one attached hydrogen (secondary N) is 2. The molecule has 6 nitrogen and oxygen atoms in total. The fourth-order valence-corrected chi connectivity index (χ4v) is 4.07. The first-order valence-electron chi connectivity index (χ1n) is 10.8. The normalized spacial score (nSPS) is 10.7. The Bertz CT molecular complexity index is 1200. The zero-order chi connectivity index (χ0) is 23.0. The minimum Gasteiger partial charge on any atom is -0.441 e. The maximum atomic E-state index is 12.2. The van der Waals surface area contributed by atoms with Gasteiger partial charge in [-0.15, -0.1) is 11.3 Å². The van der Waals surface area contributed by atoms with Crippen molar-refractivity contribution in [2.45, 2.75) is 32.7 Å². The number of thiophene rings is 1. The van der Waals surface area contributed by atoms with Crippen molar-refractivity contribution >= 4 is 28.8 Å². The van der Waals surface area contributed by atoms with Crippen LogP contribution in [0.25, 0.3) is 11.5 Å². The smallest absolute Gasteiger partial charge is 0.228 e. The molecule has 2 N–H and O–H groups in total. The van der Waals surface area contributed by atoms with Crippen LogP contribution in [0.15, 0.2) is 76.5 Å². The molecule has 4 aromatic rings. The molecule has 0 saturated carbocycles. The van der Waals surface area contributed by atoms with Crippen molar-refractivity contribution < 1.29 is 14.0 Å². The average Bonchev–Trinajstić information content (AvgIpc) is 3.47. The molecule has 2 amide bonds. The van der Waals surface area contributed by atoms with Crippen molar-refractivity contribution in [3.63, 3.8) is 0 Å². The lowest BCUT2D eigenvalue weighted by Crippen LogP contribution is -2.23. The number of anilines is 1. The number of carbonyl (C=O) groups excluding carboxylic acids is 2. The van der Waals surface area contributed by atoms with Crippen molar-refractivity contribution in [3.05, 3.63) is 94.0 Å². The van der Waals surface area contributed by atoms with Gasteiger partial charge in [0.1, 0.15) is 11.5 Å². The molecule has 0 saturated heterocycles. The number of carbonyl (C=O) groups is 2. The van der Waals surface area contributed by atoms with Crippen molar-refractivity contribution in [2.24, 2.45) is 0 Å². The van der Waals surface area contributed by atoms with Gasteiger partial charge in [-0.05, 0) is 54.6 Å². The van der Waals surface area contributed by atoms with E-state index in [1.807, 2.05) is 79.0 Å². The summed E-state index contributed by atoms with van der Waals surface area (Å²) in [7, 11) is 0. The van der Waals surface area contributed by atoms with Gasteiger partial charge in [0.15, 0.2) is 0 Å². The molecule has 4 rings (SSSR count). The van der Waals surface area contributed by atoms with E-state index in [2.05, 4.69) is 15.6 Å². The van der Waals surface area contributed by atoms with Gasteiger partial charge in [-0.25, -0.2) is 4.98 Å². The highest BCUT2D eigenvalue weighted by Gasteiger charge is 2.13. The molecular weight excluding hydrogens is 434 g/mol. The van der Waals surface area contributed by atoms with Crippen molar-refractivity contribution in [1.29, 1.82) is 0 Å². The van der Waals surface area contributed by atoms with E-state index in [0.717, 1.165) is 17.5 Å². The number of hydrogen-bond acceptors (Lipinski definition) is 5. The van der Waals surface area contributed by atoms with Crippen LogP contribution in [0.3, 0.4) is 0 Å². The summed E-state index contributed by atoms with van der Waals surface area (Å²) < 4.78 is 5.80. The Hall–Kier alpha value is -3.71. The third-order valence-electron chi connectivity index (χ3n) is 5.15. The van der Waals surface area contributed by atoms with Gasteiger partial charge in [0, 0.05) is 22.5 Å². The zero-order valence-electron chi connectivity index (χ0n) is 18.3. The van der Waals surface area contributed by atoms with Gasteiger partial charge >= 0.3 is 0 Å². The van der Waals surface area contributed by atoms with E-state index in [4.69, 9.17) is 4.42 Å². The Morgan fingerprint density at radius 1 is 0.970 bits per heavy atom.